The summed E-state index contributed by atoms with van der Waals surface area (Å²) in [5.41, 5.74) is 1.29. The number of rotatable bonds is 10. The Kier molecular flexibility index (Phi) is 9.16. The van der Waals surface area contributed by atoms with E-state index in [9.17, 15) is 4.79 Å². The highest BCUT2D eigenvalue weighted by Crippen LogP contribution is 2.22. The lowest BCUT2D eigenvalue weighted by Gasteiger charge is -2.11. The summed E-state index contributed by atoms with van der Waals surface area (Å²) in [7, 11) is 0. The number of halogens is 1. The molecule has 0 aromatic heterocycles. The molecule has 1 atom stereocenters. The van der Waals surface area contributed by atoms with Crippen molar-refractivity contribution in [3.05, 3.63) is 33.4 Å². The zero-order valence-corrected chi connectivity index (χ0v) is 15.0. The molecule has 112 valence electrons. The minimum absolute atomic E-state index is 0.345. The Balaban J connectivity index is 2.21. The molecule has 0 bridgehead atoms. The van der Waals surface area contributed by atoms with Gasteiger partial charge in [0, 0.05) is 16.4 Å². The second kappa shape index (κ2) is 10.4. The van der Waals surface area contributed by atoms with Crippen LogP contribution in [-0.4, -0.2) is 5.78 Å². The molecule has 20 heavy (non-hydrogen) atoms. The average Bonchev–Trinajstić information content (AvgIpc) is 2.42. The van der Waals surface area contributed by atoms with Gasteiger partial charge in [0.05, 0.1) is 0 Å². The molecule has 0 spiro atoms. The second-order valence-corrected chi connectivity index (χ2v) is 6.96. The summed E-state index contributed by atoms with van der Waals surface area (Å²) in [5, 5.41) is 0. The first-order valence-electron chi connectivity index (χ1n) is 7.90. The topological polar surface area (TPSA) is 17.1 Å². The summed E-state index contributed by atoms with van der Waals surface area (Å²) in [4.78, 5) is 12.0. The van der Waals surface area contributed by atoms with E-state index in [1.165, 1.54) is 41.2 Å². The predicted octanol–water partition coefficient (Wildman–Crippen LogP) is 6.10. The monoisotopic (exact) mass is 386 g/mol. The smallest absolute Gasteiger partial charge is 0.133 e. The van der Waals surface area contributed by atoms with Crippen molar-refractivity contribution in [2.45, 2.75) is 71.1 Å². The number of ketones is 1. The molecule has 1 nitrogen and oxygen atoms in total. The van der Waals surface area contributed by atoms with Gasteiger partial charge in [-0.3, -0.25) is 4.79 Å². The van der Waals surface area contributed by atoms with Gasteiger partial charge >= 0.3 is 0 Å². The number of unbranched alkanes of at least 4 members (excludes halogenated alkanes) is 5. The molecular weight excluding hydrogens is 359 g/mol. The predicted molar refractivity (Wildman–Crippen MR) is 95.2 cm³/mol. The molecule has 1 aromatic rings. The van der Waals surface area contributed by atoms with E-state index in [0.29, 0.717) is 18.1 Å². The van der Waals surface area contributed by atoms with Gasteiger partial charge in [0.2, 0.25) is 0 Å². The Bertz CT molecular complexity index is 400. The molecule has 0 saturated heterocycles. The number of carbonyl (C=O) groups is 1. The van der Waals surface area contributed by atoms with Crippen LogP contribution >= 0.6 is 22.6 Å². The summed E-state index contributed by atoms with van der Waals surface area (Å²) < 4.78 is 1.25. The van der Waals surface area contributed by atoms with Crippen molar-refractivity contribution in [1.82, 2.24) is 0 Å². The van der Waals surface area contributed by atoms with Crippen LogP contribution in [0.25, 0.3) is 0 Å². The van der Waals surface area contributed by atoms with E-state index >= 15 is 0 Å². The molecule has 0 amide bonds. The molecule has 0 unspecified atom stereocenters. The first kappa shape index (κ1) is 17.7. The number of hydrogen-bond donors (Lipinski definition) is 0. The lowest BCUT2D eigenvalue weighted by Crippen LogP contribution is -2.04. The Morgan fingerprint density at radius 3 is 2.55 bits per heavy atom. The van der Waals surface area contributed by atoms with E-state index in [-0.39, 0.29) is 0 Å². The second-order valence-electron chi connectivity index (χ2n) is 5.72. The molecule has 2 heteroatoms. The van der Waals surface area contributed by atoms with E-state index in [1.807, 2.05) is 0 Å². The van der Waals surface area contributed by atoms with Crippen molar-refractivity contribution in [3.8, 4) is 0 Å². The average molecular weight is 386 g/mol. The molecule has 0 aliphatic rings. The maximum atomic E-state index is 12.0. The zero-order valence-electron chi connectivity index (χ0n) is 12.8. The Morgan fingerprint density at radius 2 is 1.85 bits per heavy atom. The summed E-state index contributed by atoms with van der Waals surface area (Å²) in [5.74, 6) is 0.768. The quantitative estimate of drug-likeness (QED) is 0.351. The molecule has 1 rings (SSSR count). The van der Waals surface area contributed by atoms with Gasteiger partial charge in [0.1, 0.15) is 5.78 Å². The third-order valence-electron chi connectivity index (χ3n) is 3.76. The maximum Gasteiger partial charge on any atom is 0.133 e. The van der Waals surface area contributed by atoms with Crippen molar-refractivity contribution >= 4 is 28.4 Å². The number of Topliss-reactive ketones (excluding diaryl/α,β-unsaturated/α-hetero) is 1. The van der Waals surface area contributed by atoms with Crippen molar-refractivity contribution in [2.24, 2.45) is 0 Å². The molecule has 0 aliphatic carbocycles. The van der Waals surface area contributed by atoms with Gasteiger partial charge in [0.25, 0.3) is 0 Å². The maximum absolute atomic E-state index is 12.0. The van der Waals surface area contributed by atoms with Crippen molar-refractivity contribution in [3.63, 3.8) is 0 Å². The molecule has 0 radical (unpaired) electrons. The Labute approximate surface area is 137 Å². The first-order valence-corrected chi connectivity index (χ1v) is 8.98. The lowest BCUT2D eigenvalue weighted by molar-refractivity contribution is -0.119. The third kappa shape index (κ3) is 7.41. The van der Waals surface area contributed by atoms with Crippen LogP contribution in [0.15, 0.2) is 24.3 Å². The third-order valence-corrected chi connectivity index (χ3v) is 4.43. The van der Waals surface area contributed by atoms with E-state index < -0.39 is 0 Å². The molecular formula is C18H27IO. The van der Waals surface area contributed by atoms with Crippen LogP contribution < -0.4 is 0 Å². The SMILES string of the molecule is CCCCCCCCC(=O)C[C@@H](C)c1cccc(I)c1. The van der Waals surface area contributed by atoms with Crippen molar-refractivity contribution in [1.29, 1.82) is 0 Å². The Hall–Kier alpha value is -0.380. The van der Waals surface area contributed by atoms with Crippen LogP contribution in [0.3, 0.4) is 0 Å². The van der Waals surface area contributed by atoms with E-state index in [0.717, 1.165) is 12.8 Å². The van der Waals surface area contributed by atoms with Crippen LogP contribution in [0.4, 0.5) is 0 Å². The molecule has 0 N–H and O–H groups in total. The number of carbonyl (C=O) groups excluding carboxylic acids is 1. The van der Waals surface area contributed by atoms with Gasteiger partial charge < -0.3 is 0 Å². The Morgan fingerprint density at radius 1 is 1.15 bits per heavy atom. The van der Waals surface area contributed by atoms with Gasteiger partial charge in [-0.1, -0.05) is 58.1 Å². The largest absolute Gasteiger partial charge is 0.300 e. The fourth-order valence-corrected chi connectivity index (χ4v) is 3.04. The van der Waals surface area contributed by atoms with Gasteiger partial charge in [-0.25, -0.2) is 0 Å². The zero-order chi connectivity index (χ0) is 14.8. The fraction of sp³-hybridized carbons (Fsp3) is 0.611. The number of hydrogen-bond acceptors (Lipinski definition) is 1. The van der Waals surface area contributed by atoms with Gasteiger partial charge in [0.15, 0.2) is 0 Å². The van der Waals surface area contributed by atoms with Crippen molar-refractivity contribution in [2.75, 3.05) is 0 Å². The van der Waals surface area contributed by atoms with Gasteiger partial charge in [-0.05, 0) is 52.6 Å². The summed E-state index contributed by atoms with van der Waals surface area (Å²) in [6.07, 6.45) is 8.96. The minimum Gasteiger partial charge on any atom is -0.300 e. The van der Waals surface area contributed by atoms with E-state index in [1.54, 1.807) is 0 Å². The number of benzene rings is 1. The normalized spacial score (nSPS) is 12.3. The standard InChI is InChI=1S/C18H27IO/c1-3-4-5-6-7-8-12-18(20)13-15(2)16-10-9-11-17(19)14-16/h9-11,14-15H,3-8,12-13H2,1-2H3/t15-/m1/s1. The van der Waals surface area contributed by atoms with Crippen LogP contribution in [0.5, 0.6) is 0 Å². The fourth-order valence-electron chi connectivity index (χ4n) is 2.48. The molecule has 0 heterocycles. The highest BCUT2D eigenvalue weighted by Gasteiger charge is 2.11. The van der Waals surface area contributed by atoms with Gasteiger partial charge in [-0.2, -0.15) is 0 Å². The van der Waals surface area contributed by atoms with Gasteiger partial charge in [-0.15, -0.1) is 0 Å². The van der Waals surface area contributed by atoms with E-state index in [2.05, 4.69) is 60.7 Å². The summed E-state index contributed by atoms with van der Waals surface area (Å²) >= 11 is 2.33. The first-order chi connectivity index (χ1) is 9.63. The van der Waals surface area contributed by atoms with E-state index in [4.69, 9.17) is 0 Å². The molecule has 0 saturated carbocycles. The van der Waals surface area contributed by atoms with Crippen molar-refractivity contribution < 1.29 is 4.79 Å². The molecule has 1 aromatic carbocycles. The molecule has 0 aliphatic heterocycles. The highest BCUT2D eigenvalue weighted by atomic mass is 127. The van der Waals surface area contributed by atoms with Crippen LogP contribution in [0, 0.1) is 3.57 Å². The summed E-state index contributed by atoms with van der Waals surface area (Å²) in [6.45, 7) is 4.39. The lowest BCUT2D eigenvalue weighted by atomic mass is 9.94. The minimum atomic E-state index is 0.345. The van der Waals surface area contributed by atoms with Crippen LogP contribution in [0.2, 0.25) is 0 Å². The summed E-state index contributed by atoms with van der Waals surface area (Å²) in [6, 6.07) is 8.48. The highest BCUT2D eigenvalue weighted by molar-refractivity contribution is 14.1. The van der Waals surface area contributed by atoms with Crippen LogP contribution in [-0.2, 0) is 4.79 Å². The van der Waals surface area contributed by atoms with Crippen LogP contribution in [0.1, 0.15) is 76.7 Å². The molecule has 0 fully saturated rings.